The van der Waals surface area contributed by atoms with Crippen LogP contribution in [-0.4, -0.2) is 59.4 Å². The second-order valence-electron chi connectivity index (χ2n) is 5.61. The zero-order valence-electron chi connectivity index (χ0n) is 13.6. The molecule has 1 saturated heterocycles. The number of nitrogens with zero attached hydrogens (tertiary/aromatic N) is 4. The third kappa shape index (κ3) is 4.54. The fraction of sp³-hybridized carbons (Fsp3) is 0.294. The van der Waals surface area contributed by atoms with Crippen molar-refractivity contribution in [3.05, 3.63) is 52.8 Å². The SMILES string of the molecule is O=C(NCC(=O)N1CCN(c2ncccn2)CC1)c1cccc(Br)c1. The summed E-state index contributed by atoms with van der Waals surface area (Å²) < 4.78 is 0.825. The van der Waals surface area contributed by atoms with Crippen LogP contribution in [0.1, 0.15) is 10.4 Å². The number of nitrogens with one attached hydrogen (secondary N) is 1. The van der Waals surface area contributed by atoms with Gasteiger partial charge in [-0.2, -0.15) is 0 Å². The number of halogens is 1. The summed E-state index contributed by atoms with van der Waals surface area (Å²) in [6.07, 6.45) is 3.41. The summed E-state index contributed by atoms with van der Waals surface area (Å²) in [6, 6.07) is 8.84. The van der Waals surface area contributed by atoms with E-state index in [0.717, 1.165) is 4.47 Å². The van der Waals surface area contributed by atoms with Crippen LogP contribution in [0.3, 0.4) is 0 Å². The highest BCUT2D eigenvalue weighted by Crippen LogP contribution is 2.12. The van der Waals surface area contributed by atoms with E-state index in [1.165, 1.54) is 0 Å². The molecule has 1 aromatic carbocycles. The van der Waals surface area contributed by atoms with Crippen molar-refractivity contribution >= 4 is 33.7 Å². The predicted octanol–water partition coefficient (Wildman–Crippen LogP) is 1.32. The average molecular weight is 404 g/mol. The van der Waals surface area contributed by atoms with Crippen LogP contribution >= 0.6 is 15.9 Å². The Labute approximate surface area is 154 Å². The van der Waals surface area contributed by atoms with Crippen molar-refractivity contribution in [2.45, 2.75) is 0 Å². The van der Waals surface area contributed by atoms with E-state index >= 15 is 0 Å². The van der Waals surface area contributed by atoms with E-state index in [9.17, 15) is 9.59 Å². The molecule has 0 bridgehead atoms. The second kappa shape index (κ2) is 8.06. The van der Waals surface area contributed by atoms with Gasteiger partial charge >= 0.3 is 0 Å². The Bertz CT molecular complexity index is 748. The Morgan fingerprint density at radius 1 is 1.08 bits per heavy atom. The lowest BCUT2D eigenvalue weighted by Crippen LogP contribution is -2.51. The zero-order chi connectivity index (χ0) is 17.6. The van der Waals surface area contributed by atoms with Gasteiger partial charge in [0.1, 0.15) is 0 Å². The number of carbonyl (C=O) groups is 2. The van der Waals surface area contributed by atoms with E-state index in [1.807, 2.05) is 11.0 Å². The Morgan fingerprint density at radius 3 is 2.48 bits per heavy atom. The molecule has 2 aromatic rings. The van der Waals surface area contributed by atoms with Gasteiger partial charge in [-0.1, -0.05) is 22.0 Å². The van der Waals surface area contributed by atoms with Crippen molar-refractivity contribution in [2.24, 2.45) is 0 Å². The van der Waals surface area contributed by atoms with E-state index < -0.39 is 0 Å². The smallest absolute Gasteiger partial charge is 0.251 e. The number of benzene rings is 1. The molecule has 3 rings (SSSR count). The maximum Gasteiger partial charge on any atom is 0.251 e. The van der Waals surface area contributed by atoms with E-state index in [0.29, 0.717) is 37.7 Å². The molecule has 130 valence electrons. The van der Waals surface area contributed by atoms with E-state index in [4.69, 9.17) is 0 Å². The molecule has 1 aliphatic heterocycles. The van der Waals surface area contributed by atoms with Gasteiger partial charge in [0, 0.05) is 48.6 Å². The van der Waals surface area contributed by atoms with Crippen LogP contribution in [-0.2, 0) is 4.79 Å². The Hall–Kier alpha value is -2.48. The normalized spacial score (nSPS) is 14.3. The summed E-state index contributed by atoms with van der Waals surface area (Å²) in [6.45, 7) is 2.52. The fourth-order valence-electron chi connectivity index (χ4n) is 2.61. The first-order valence-electron chi connectivity index (χ1n) is 7.97. The molecular formula is C17H18BrN5O2. The van der Waals surface area contributed by atoms with Crippen LogP contribution in [0.25, 0.3) is 0 Å². The molecule has 25 heavy (non-hydrogen) atoms. The molecule has 0 atom stereocenters. The second-order valence-corrected chi connectivity index (χ2v) is 6.53. The summed E-state index contributed by atoms with van der Waals surface area (Å²) >= 11 is 3.33. The minimum Gasteiger partial charge on any atom is -0.343 e. The van der Waals surface area contributed by atoms with Gasteiger partial charge in [-0.15, -0.1) is 0 Å². The summed E-state index contributed by atoms with van der Waals surface area (Å²) in [5.74, 6) is 0.334. The van der Waals surface area contributed by atoms with Crippen LogP contribution in [0.2, 0.25) is 0 Å². The minimum absolute atomic E-state index is 0.00676. The molecule has 2 heterocycles. The topological polar surface area (TPSA) is 78.4 Å². The maximum atomic E-state index is 12.3. The largest absolute Gasteiger partial charge is 0.343 e. The first-order chi connectivity index (χ1) is 12.1. The number of piperazine rings is 1. The number of anilines is 1. The summed E-state index contributed by atoms with van der Waals surface area (Å²) in [4.78, 5) is 36.6. The number of rotatable bonds is 4. The number of amides is 2. The number of carbonyl (C=O) groups excluding carboxylic acids is 2. The molecule has 1 aromatic heterocycles. The van der Waals surface area contributed by atoms with Crippen molar-refractivity contribution in [3.8, 4) is 0 Å². The first-order valence-corrected chi connectivity index (χ1v) is 8.76. The molecule has 1 fully saturated rings. The van der Waals surface area contributed by atoms with Gasteiger partial charge in [0.15, 0.2) is 0 Å². The predicted molar refractivity (Wildman–Crippen MR) is 97.3 cm³/mol. The molecule has 2 amide bonds. The summed E-state index contributed by atoms with van der Waals surface area (Å²) in [5, 5.41) is 2.68. The highest BCUT2D eigenvalue weighted by Gasteiger charge is 2.22. The summed E-state index contributed by atoms with van der Waals surface area (Å²) in [5.41, 5.74) is 0.522. The molecule has 1 aliphatic rings. The van der Waals surface area contributed by atoms with Gasteiger partial charge in [-0.25, -0.2) is 9.97 Å². The molecule has 0 radical (unpaired) electrons. The van der Waals surface area contributed by atoms with Crippen molar-refractivity contribution in [3.63, 3.8) is 0 Å². The number of hydrogen-bond acceptors (Lipinski definition) is 5. The lowest BCUT2D eigenvalue weighted by atomic mass is 10.2. The molecule has 1 N–H and O–H groups in total. The van der Waals surface area contributed by atoms with Gasteiger partial charge in [0.05, 0.1) is 6.54 Å². The molecule has 0 aliphatic carbocycles. The first kappa shape index (κ1) is 17.3. The Kier molecular flexibility index (Phi) is 5.60. The molecule has 7 nitrogen and oxygen atoms in total. The van der Waals surface area contributed by atoms with E-state index in [1.54, 1.807) is 41.6 Å². The quantitative estimate of drug-likeness (QED) is 0.832. The molecule has 0 unspecified atom stereocenters. The van der Waals surface area contributed by atoms with Crippen LogP contribution in [0.5, 0.6) is 0 Å². The van der Waals surface area contributed by atoms with Gasteiger partial charge in [-0.3, -0.25) is 9.59 Å². The Balaban J connectivity index is 1.47. The van der Waals surface area contributed by atoms with Crippen molar-refractivity contribution in [2.75, 3.05) is 37.6 Å². The lowest BCUT2D eigenvalue weighted by Gasteiger charge is -2.34. The third-order valence-corrected chi connectivity index (χ3v) is 4.45. The minimum atomic E-state index is -0.258. The van der Waals surface area contributed by atoms with Crippen molar-refractivity contribution in [1.29, 1.82) is 0 Å². The van der Waals surface area contributed by atoms with Crippen molar-refractivity contribution < 1.29 is 9.59 Å². The van der Waals surface area contributed by atoms with Crippen LogP contribution < -0.4 is 10.2 Å². The van der Waals surface area contributed by atoms with Crippen LogP contribution in [0, 0.1) is 0 Å². The lowest BCUT2D eigenvalue weighted by molar-refractivity contribution is -0.130. The fourth-order valence-corrected chi connectivity index (χ4v) is 3.01. The molecule has 0 saturated carbocycles. The molecule has 8 heteroatoms. The summed E-state index contributed by atoms with van der Waals surface area (Å²) in [7, 11) is 0. The highest BCUT2D eigenvalue weighted by atomic mass is 79.9. The van der Waals surface area contributed by atoms with Gasteiger partial charge < -0.3 is 15.1 Å². The average Bonchev–Trinajstić information content (AvgIpc) is 2.66. The highest BCUT2D eigenvalue weighted by molar-refractivity contribution is 9.10. The van der Waals surface area contributed by atoms with Gasteiger partial charge in [0.2, 0.25) is 11.9 Å². The zero-order valence-corrected chi connectivity index (χ0v) is 15.1. The molecular weight excluding hydrogens is 386 g/mol. The van der Waals surface area contributed by atoms with E-state index in [-0.39, 0.29) is 18.4 Å². The maximum absolute atomic E-state index is 12.3. The van der Waals surface area contributed by atoms with Gasteiger partial charge in [0.25, 0.3) is 5.91 Å². The van der Waals surface area contributed by atoms with Crippen LogP contribution in [0.4, 0.5) is 5.95 Å². The van der Waals surface area contributed by atoms with Crippen LogP contribution in [0.15, 0.2) is 47.2 Å². The number of hydrogen-bond donors (Lipinski definition) is 1. The van der Waals surface area contributed by atoms with Gasteiger partial charge in [-0.05, 0) is 24.3 Å². The monoisotopic (exact) mass is 403 g/mol. The third-order valence-electron chi connectivity index (χ3n) is 3.95. The number of aromatic nitrogens is 2. The van der Waals surface area contributed by atoms with E-state index in [2.05, 4.69) is 31.2 Å². The molecule has 0 spiro atoms. The van der Waals surface area contributed by atoms with Crippen molar-refractivity contribution in [1.82, 2.24) is 20.2 Å². The standard InChI is InChI=1S/C17H18BrN5O2/c18-14-4-1-3-13(11-14)16(25)21-12-15(24)22-7-9-23(10-8-22)17-19-5-2-6-20-17/h1-6,11H,7-10,12H2,(H,21,25). The Morgan fingerprint density at radius 2 is 1.80 bits per heavy atom.